The van der Waals surface area contributed by atoms with Crippen LogP contribution in [0.3, 0.4) is 0 Å². The average molecular weight is 238 g/mol. The Labute approximate surface area is 102 Å². The maximum atomic E-state index is 12.5. The van der Waals surface area contributed by atoms with Crippen LogP contribution in [0.15, 0.2) is 0 Å². The molecule has 2 heterocycles. The third-order valence-electron chi connectivity index (χ3n) is 5.23. The number of carbonyl (C=O) groups is 1. The summed E-state index contributed by atoms with van der Waals surface area (Å²) in [4.78, 5) is 14.6. The van der Waals surface area contributed by atoms with Gasteiger partial charge in [-0.3, -0.25) is 4.79 Å². The first kappa shape index (κ1) is 11.5. The minimum absolute atomic E-state index is 0.190. The van der Waals surface area contributed by atoms with Crippen molar-refractivity contribution >= 4 is 5.91 Å². The van der Waals surface area contributed by atoms with E-state index in [9.17, 15) is 4.79 Å². The Kier molecular flexibility index (Phi) is 2.49. The molecule has 2 saturated heterocycles. The van der Waals surface area contributed by atoms with Gasteiger partial charge in [-0.25, -0.2) is 0 Å². The average Bonchev–Trinajstić information content (AvgIpc) is 2.54. The highest BCUT2D eigenvalue weighted by Gasteiger charge is 2.54. The van der Waals surface area contributed by atoms with E-state index in [1.165, 1.54) is 19.3 Å². The summed E-state index contributed by atoms with van der Waals surface area (Å²) >= 11 is 0. The molecule has 1 atom stereocenters. The first-order valence-electron chi connectivity index (χ1n) is 6.75. The van der Waals surface area contributed by atoms with Crippen LogP contribution in [-0.2, 0) is 9.53 Å². The SMILES string of the molecule is CCC1(C(=O)N2CC(N)C3(CCC3)C2)COC1. The van der Waals surface area contributed by atoms with Gasteiger partial charge in [-0.2, -0.15) is 0 Å². The summed E-state index contributed by atoms with van der Waals surface area (Å²) in [6, 6.07) is 0.190. The monoisotopic (exact) mass is 238 g/mol. The Balaban J connectivity index is 1.72. The summed E-state index contributed by atoms with van der Waals surface area (Å²) in [6.45, 7) is 4.91. The van der Waals surface area contributed by atoms with Gasteiger partial charge in [0.15, 0.2) is 0 Å². The van der Waals surface area contributed by atoms with Crippen LogP contribution in [0.25, 0.3) is 0 Å². The molecule has 4 heteroatoms. The van der Waals surface area contributed by atoms with Crippen LogP contribution in [0.5, 0.6) is 0 Å². The van der Waals surface area contributed by atoms with Crippen molar-refractivity contribution in [3.8, 4) is 0 Å². The second-order valence-electron chi connectivity index (χ2n) is 6.13. The summed E-state index contributed by atoms with van der Waals surface area (Å²) in [5.41, 5.74) is 6.25. The van der Waals surface area contributed by atoms with Crippen molar-refractivity contribution in [1.29, 1.82) is 0 Å². The zero-order chi connectivity index (χ0) is 12.1. The molecule has 2 aliphatic heterocycles. The zero-order valence-electron chi connectivity index (χ0n) is 10.6. The Hall–Kier alpha value is -0.610. The second kappa shape index (κ2) is 3.69. The molecule has 1 saturated carbocycles. The van der Waals surface area contributed by atoms with E-state index in [1.807, 2.05) is 4.90 Å². The molecular formula is C13H22N2O2. The molecule has 4 nitrogen and oxygen atoms in total. The van der Waals surface area contributed by atoms with Gasteiger partial charge >= 0.3 is 0 Å². The normalized spacial score (nSPS) is 33.3. The molecule has 0 bridgehead atoms. The van der Waals surface area contributed by atoms with Crippen LogP contribution in [0.4, 0.5) is 0 Å². The van der Waals surface area contributed by atoms with Gasteiger partial charge in [-0.05, 0) is 19.3 Å². The van der Waals surface area contributed by atoms with Crippen molar-refractivity contribution in [2.24, 2.45) is 16.6 Å². The largest absolute Gasteiger partial charge is 0.379 e. The number of nitrogens with two attached hydrogens (primary N) is 1. The fourth-order valence-electron chi connectivity index (χ4n) is 3.47. The van der Waals surface area contributed by atoms with Gasteiger partial charge in [0.1, 0.15) is 0 Å². The molecule has 3 aliphatic rings. The maximum Gasteiger partial charge on any atom is 0.233 e. The van der Waals surface area contributed by atoms with E-state index in [4.69, 9.17) is 10.5 Å². The van der Waals surface area contributed by atoms with E-state index in [-0.39, 0.29) is 22.8 Å². The Morgan fingerprint density at radius 2 is 2.18 bits per heavy atom. The first-order chi connectivity index (χ1) is 8.12. The Morgan fingerprint density at radius 3 is 2.53 bits per heavy atom. The molecule has 0 aromatic carbocycles. The predicted molar refractivity (Wildman–Crippen MR) is 64.4 cm³/mol. The second-order valence-corrected chi connectivity index (χ2v) is 6.13. The Bertz CT molecular complexity index is 329. The molecule has 1 amide bonds. The van der Waals surface area contributed by atoms with Crippen molar-refractivity contribution in [2.45, 2.75) is 38.6 Å². The molecule has 3 rings (SSSR count). The lowest BCUT2D eigenvalue weighted by Crippen LogP contribution is -2.55. The fraction of sp³-hybridized carbons (Fsp3) is 0.923. The quantitative estimate of drug-likeness (QED) is 0.772. The van der Waals surface area contributed by atoms with Crippen LogP contribution < -0.4 is 5.73 Å². The smallest absolute Gasteiger partial charge is 0.233 e. The van der Waals surface area contributed by atoms with Crippen LogP contribution in [0.2, 0.25) is 0 Å². The van der Waals surface area contributed by atoms with E-state index in [2.05, 4.69) is 6.92 Å². The summed E-state index contributed by atoms with van der Waals surface area (Å²) < 4.78 is 5.25. The number of amides is 1. The van der Waals surface area contributed by atoms with Crippen LogP contribution in [0.1, 0.15) is 32.6 Å². The number of nitrogens with zero attached hydrogens (tertiary/aromatic N) is 1. The Morgan fingerprint density at radius 1 is 1.47 bits per heavy atom. The lowest BCUT2D eigenvalue weighted by Gasteiger charge is -2.43. The minimum atomic E-state index is -0.227. The molecular weight excluding hydrogens is 216 g/mol. The van der Waals surface area contributed by atoms with Crippen molar-refractivity contribution in [1.82, 2.24) is 4.90 Å². The fourth-order valence-corrected chi connectivity index (χ4v) is 3.47. The predicted octanol–water partition coefficient (Wildman–Crippen LogP) is 0.753. The molecule has 0 radical (unpaired) electrons. The molecule has 1 unspecified atom stereocenters. The van der Waals surface area contributed by atoms with E-state index < -0.39 is 0 Å². The highest BCUT2D eigenvalue weighted by Crippen LogP contribution is 2.48. The van der Waals surface area contributed by atoms with Gasteiger partial charge in [0.05, 0.1) is 18.6 Å². The molecule has 1 spiro atoms. The lowest BCUT2D eigenvalue weighted by atomic mass is 9.66. The molecule has 0 aromatic rings. The van der Waals surface area contributed by atoms with E-state index in [1.54, 1.807) is 0 Å². The van der Waals surface area contributed by atoms with Crippen LogP contribution >= 0.6 is 0 Å². The molecule has 2 N–H and O–H groups in total. The number of hydrogen-bond donors (Lipinski definition) is 1. The van der Waals surface area contributed by atoms with Crippen molar-refractivity contribution in [3.05, 3.63) is 0 Å². The molecule has 3 fully saturated rings. The van der Waals surface area contributed by atoms with Gasteiger partial charge in [-0.15, -0.1) is 0 Å². The summed E-state index contributed by atoms with van der Waals surface area (Å²) in [5.74, 6) is 0.283. The van der Waals surface area contributed by atoms with E-state index in [0.717, 1.165) is 19.5 Å². The van der Waals surface area contributed by atoms with E-state index >= 15 is 0 Å². The number of carbonyl (C=O) groups excluding carboxylic acids is 1. The topological polar surface area (TPSA) is 55.6 Å². The number of hydrogen-bond acceptors (Lipinski definition) is 3. The summed E-state index contributed by atoms with van der Waals surface area (Å²) in [5, 5.41) is 0. The van der Waals surface area contributed by atoms with Gasteiger partial charge in [0, 0.05) is 24.5 Å². The van der Waals surface area contributed by atoms with Gasteiger partial charge < -0.3 is 15.4 Å². The summed E-state index contributed by atoms with van der Waals surface area (Å²) in [6.07, 6.45) is 4.56. The maximum absolute atomic E-state index is 12.5. The lowest BCUT2D eigenvalue weighted by molar-refractivity contribution is -0.172. The van der Waals surface area contributed by atoms with Gasteiger partial charge in [0.2, 0.25) is 5.91 Å². The number of rotatable bonds is 2. The van der Waals surface area contributed by atoms with Crippen molar-refractivity contribution < 1.29 is 9.53 Å². The van der Waals surface area contributed by atoms with Crippen LogP contribution in [0, 0.1) is 10.8 Å². The third-order valence-corrected chi connectivity index (χ3v) is 5.23. The molecule has 17 heavy (non-hydrogen) atoms. The number of likely N-dealkylation sites (tertiary alicyclic amines) is 1. The van der Waals surface area contributed by atoms with Gasteiger partial charge in [-0.1, -0.05) is 13.3 Å². The highest BCUT2D eigenvalue weighted by atomic mass is 16.5. The summed E-state index contributed by atoms with van der Waals surface area (Å²) in [7, 11) is 0. The molecule has 96 valence electrons. The zero-order valence-corrected chi connectivity index (χ0v) is 10.6. The van der Waals surface area contributed by atoms with Crippen molar-refractivity contribution in [2.75, 3.05) is 26.3 Å². The number of ether oxygens (including phenoxy) is 1. The van der Waals surface area contributed by atoms with Crippen molar-refractivity contribution in [3.63, 3.8) is 0 Å². The third kappa shape index (κ3) is 1.47. The minimum Gasteiger partial charge on any atom is -0.379 e. The van der Waals surface area contributed by atoms with Crippen LogP contribution in [-0.4, -0.2) is 43.2 Å². The standard InChI is InChI=1S/C13H22N2O2/c1-2-12(8-17-9-12)11(16)15-6-10(14)13(7-15)4-3-5-13/h10H,2-9,14H2,1H3. The van der Waals surface area contributed by atoms with E-state index in [0.29, 0.717) is 13.2 Å². The highest BCUT2D eigenvalue weighted by molar-refractivity contribution is 5.84. The van der Waals surface area contributed by atoms with Gasteiger partial charge in [0.25, 0.3) is 0 Å². The molecule has 0 aromatic heterocycles. The molecule has 1 aliphatic carbocycles. The first-order valence-corrected chi connectivity index (χ1v) is 6.75.